The van der Waals surface area contributed by atoms with Crippen LogP contribution in [0.4, 0.5) is 5.69 Å². The van der Waals surface area contributed by atoms with Crippen molar-refractivity contribution in [1.29, 1.82) is 0 Å². The van der Waals surface area contributed by atoms with Crippen LogP contribution in [0.1, 0.15) is 41.4 Å². The first-order valence-corrected chi connectivity index (χ1v) is 10.8. The molecule has 6 nitrogen and oxygen atoms in total. The van der Waals surface area contributed by atoms with Crippen LogP contribution < -0.4 is 16.2 Å². The van der Waals surface area contributed by atoms with Gasteiger partial charge in [0.15, 0.2) is 10.3 Å². The molecular formula is C20H27N5OS2. The Morgan fingerprint density at radius 2 is 1.82 bits per heavy atom. The van der Waals surface area contributed by atoms with Crippen LogP contribution in [0.2, 0.25) is 0 Å². The number of thiocarbonyl (C=S) groups is 1. The maximum Gasteiger partial charge on any atom is 0.238 e. The third-order valence-electron chi connectivity index (χ3n) is 4.48. The molecule has 0 atom stereocenters. The number of nitrogens with zero attached hydrogens (tertiary/aromatic N) is 2. The second-order valence-electron chi connectivity index (χ2n) is 6.45. The third-order valence-corrected chi connectivity index (χ3v) is 5.23. The molecule has 1 aromatic heterocycles. The molecule has 1 heterocycles. The van der Waals surface area contributed by atoms with Gasteiger partial charge in [0, 0.05) is 23.5 Å². The van der Waals surface area contributed by atoms with Crippen molar-refractivity contribution in [1.82, 2.24) is 20.8 Å². The topological polar surface area (TPSA) is 78.9 Å². The Morgan fingerprint density at radius 1 is 1.14 bits per heavy atom. The zero-order valence-electron chi connectivity index (χ0n) is 17.0. The molecule has 0 saturated heterocycles. The summed E-state index contributed by atoms with van der Waals surface area (Å²) in [5.74, 6) is -0.141. The second-order valence-corrected chi connectivity index (χ2v) is 7.63. The Kier molecular flexibility index (Phi) is 8.19. The molecule has 1 aromatic carbocycles. The van der Waals surface area contributed by atoms with Crippen LogP contribution in [-0.4, -0.2) is 27.2 Å². The molecule has 0 radical (unpaired) electrons. The first-order chi connectivity index (χ1) is 13.3. The number of anilines is 1. The third kappa shape index (κ3) is 5.90. The van der Waals surface area contributed by atoms with E-state index in [1.54, 1.807) is 0 Å². The SMILES string of the molecule is CCc1cccc(C)c1NC(=S)NNC(=O)CCc1c(C)nc(SC)nc1C. The van der Waals surface area contributed by atoms with Crippen molar-refractivity contribution >= 4 is 40.7 Å². The maximum absolute atomic E-state index is 12.2. The summed E-state index contributed by atoms with van der Waals surface area (Å²) in [6, 6.07) is 6.11. The second kappa shape index (κ2) is 10.4. The summed E-state index contributed by atoms with van der Waals surface area (Å²) in [4.78, 5) is 21.1. The highest BCUT2D eigenvalue weighted by Crippen LogP contribution is 2.21. The predicted molar refractivity (Wildman–Crippen MR) is 120 cm³/mol. The summed E-state index contributed by atoms with van der Waals surface area (Å²) < 4.78 is 0. The number of amides is 1. The van der Waals surface area contributed by atoms with Gasteiger partial charge in [0.05, 0.1) is 0 Å². The molecule has 8 heteroatoms. The minimum absolute atomic E-state index is 0.141. The molecule has 2 aromatic rings. The van der Waals surface area contributed by atoms with Gasteiger partial charge in [-0.1, -0.05) is 36.9 Å². The summed E-state index contributed by atoms with van der Waals surface area (Å²) in [6.45, 7) is 8.02. The highest BCUT2D eigenvalue weighted by Gasteiger charge is 2.11. The standard InChI is InChI=1S/C20H27N5OS2/c1-6-15-9-7-8-12(2)18(15)23-19(27)25-24-17(26)11-10-16-13(3)21-20(28-5)22-14(16)4/h7-9H,6,10-11H2,1-5H3,(H,24,26)(H2,23,25,27). The Labute approximate surface area is 176 Å². The summed E-state index contributed by atoms with van der Waals surface area (Å²) in [6.07, 6.45) is 3.75. The van der Waals surface area contributed by atoms with E-state index in [1.165, 1.54) is 17.3 Å². The van der Waals surface area contributed by atoms with E-state index < -0.39 is 0 Å². The van der Waals surface area contributed by atoms with Gasteiger partial charge in [-0.2, -0.15) is 0 Å². The Morgan fingerprint density at radius 3 is 2.43 bits per heavy atom. The van der Waals surface area contributed by atoms with Crippen LogP contribution in [0.5, 0.6) is 0 Å². The molecule has 0 bridgehead atoms. The van der Waals surface area contributed by atoms with Gasteiger partial charge in [-0.05, 0) is 68.8 Å². The van der Waals surface area contributed by atoms with Gasteiger partial charge in [-0.3, -0.25) is 15.6 Å². The molecule has 0 saturated carbocycles. The van der Waals surface area contributed by atoms with E-state index in [1.807, 2.05) is 39.2 Å². The van der Waals surface area contributed by atoms with Crippen molar-refractivity contribution < 1.29 is 4.79 Å². The van der Waals surface area contributed by atoms with Gasteiger partial charge in [0.1, 0.15) is 0 Å². The zero-order chi connectivity index (χ0) is 20.7. The average molecular weight is 418 g/mol. The molecule has 2 rings (SSSR count). The zero-order valence-corrected chi connectivity index (χ0v) is 18.6. The highest BCUT2D eigenvalue weighted by molar-refractivity contribution is 7.98. The minimum atomic E-state index is -0.141. The molecule has 0 aliphatic rings. The molecule has 0 unspecified atom stereocenters. The largest absolute Gasteiger partial charge is 0.331 e. The fourth-order valence-electron chi connectivity index (χ4n) is 2.94. The van der Waals surface area contributed by atoms with Gasteiger partial charge in [0.25, 0.3) is 0 Å². The Balaban J connectivity index is 1.87. The summed E-state index contributed by atoms with van der Waals surface area (Å²) in [5.41, 5.74) is 11.5. The lowest BCUT2D eigenvalue weighted by atomic mass is 10.1. The molecule has 0 aliphatic carbocycles. The number of benzene rings is 1. The van der Waals surface area contributed by atoms with Gasteiger partial charge in [0.2, 0.25) is 5.91 Å². The van der Waals surface area contributed by atoms with Gasteiger partial charge in [-0.15, -0.1) is 0 Å². The van der Waals surface area contributed by atoms with Crippen LogP contribution in [0, 0.1) is 20.8 Å². The van der Waals surface area contributed by atoms with Crippen LogP contribution in [0.15, 0.2) is 23.4 Å². The summed E-state index contributed by atoms with van der Waals surface area (Å²) >= 11 is 6.82. The fourth-order valence-corrected chi connectivity index (χ4v) is 3.55. The lowest BCUT2D eigenvalue weighted by Crippen LogP contribution is -2.44. The maximum atomic E-state index is 12.2. The van der Waals surface area contributed by atoms with Crippen molar-refractivity contribution in [2.45, 2.75) is 52.1 Å². The molecule has 0 fully saturated rings. The van der Waals surface area contributed by atoms with Crippen LogP contribution in [0.3, 0.4) is 0 Å². The van der Waals surface area contributed by atoms with Crippen molar-refractivity contribution in [3.63, 3.8) is 0 Å². The van der Waals surface area contributed by atoms with Crippen LogP contribution in [-0.2, 0) is 17.6 Å². The molecule has 0 spiro atoms. The average Bonchev–Trinajstić information content (AvgIpc) is 2.67. The molecular weight excluding hydrogens is 390 g/mol. The van der Waals surface area contributed by atoms with Gasteiger partial charge < -0.3 is 5.32 Å². The number of hydrogen-bond acceptors (Lipinski definition) is 5. The number of rotatable bonds is 6. The number of thioether (sulfide) groups is 1. The Hall–Kier alpha value is -2.19. The highest BCUT2D eigenvalue weighted by atomic mass is 32.2. The van der Waals surface area contributed by atoms with E-state index in [0.717, 1.165) is 39.8 Å². The van der Waals surface area contributed by atoms with E-state index in [0.29, 0.717) is 18.0 Å². The number of nitrogens with one attached hydrogen (secondary N) is 3. The van der Waals surface area contributed by atoms with E-state index in [2.05, 4.69) is 39.1 Å². The summed E-state index contributed by atoms with van der Waals surface area (Å²) in [7, 11) is 0. The smallest absolute Gasteiger partial charge is 0.238 e. The van der Waals surface area contributed by atoms with Gasteiger partial charge >= 0.3 is 0 Å². The number of carbonyl (C=O) groups excluding carboxylic acids is 1. The van der Waals surface area contributed by atoms with Gasteiger partial charge in [-0.25, -0.2) is 9.97 Å². The Bertz CT molecular complexity index is 847. The fraction of sp³-hybridized carbons (Fsp3) is 0.400. The van der Waals surface area contributed by atoms with Crippen molar-refractivity contribution in [3.8, 4) is 0 Å². The lowest BCUT2D eigenvalue weighted by Gasteiger charge is -2.16. The molecule has 1 amide bonds. The molecule has 28 heavy (non-hydrogen) atoms. The summed E-state index contributed by atoms with van der Waals surface area (Å²) in [5, 5.41) is 4.29. The number of hydrazine groups is 1. The van der Waals surface area contributed by atoms with Crippen LogP contribution in [0.25, 0.3) is 0 Å². The number of para-hydroxylation sites is 1. The number of aromatic nitrogens is 2. The first-order valence-electron chi connectivity index (χ1n) is 9.18. The van der Waals surface area contributed by atoms with Crippen molar-refractivity contribution in [2.75, 3.05) is 11.6 Å². The van der Waals surface area contributed by atoms with E-state index >= 15 is 0 Å². The van der Waals surface area contributed by atoms with E-state index in [4.69, 9.17) is 12.2 Å². The van der Waals surface area contributed by atoms with E-state index in [-0.39, 0.29) is 5.91 Å². The van der Waals surface area contributed by atoms with Crippen molar-refractivity contribution in [3.05, 3.63) is 46.3 Å². The normalized spacial score (nSPS) is 10.5. The predicted octanol–water partition coefficient (Wildman–Crippen LogP) is 3.64. The first kappa shape index (κ1) is 22.1. The van der Waals surface area contributed by atoms with Crippen molar-refractivity contribution in [2.24, 2.45) is 0 Å². The van der Waals surface area contributed by atoms with E-state index in [9.17, 15) is 4.79 Å². The number of carbonyl (C=O) groups is 1. The lowest BCUT2D eigenvalue weighted by molar-refractivity contribution is -0.121. The minimum Gasteiger partial charge on any atom is -0.331 e. The monoisotopic (exact) mass is 417 g/mol. The number of hydrogen-bond donors (Lipinski definition) is 3. The quantitative estimate of drug-likeness (QED) is 0.287. The molecule has 0 aliphatic heterocycles. The number of aryl methyl sites for hydroxylation is 4. The van der Waals surface area contributed by atoms with Crippen LogP contribution >= 0.6 is 24.0 Å². The molecule has 150 valence electrons. The molecule has 3 N–H and O–H groups in total.